The molecule has 1 aliphatic carbocycles. The van der Waals surface area contributed by atoms with E-state index in [1.807, 2.05) is 50.3 Å². The molecule has 2 aromatic rings. The highest BCUT2D eigenvalue weighted by Gasteiger charge is 2.47. The summed E-state index contributed by atoms with van der Waals surface area (Å²) in [6.07, 6.45) is 5.08. The summed E-state index contributed by atoms with van der Waals surface area (Å²) in [5, 5.41) is 0. The first-order valence-electron chi connectivity index (χ1n) is 9.71. The zero-order valence-corrected chi connectivity index (χ0v) is 16.2. The molecule has 1 aromatic carbocycles. The van der Waals surface area contributed by atoms with Crippen LogP contribution in [0.1, 0.15) is 40.2 Å². The van der Waals surface area contributed by atoms with Gasteiger partial charge in [0.05, 0.1) is 18.4 Å². The number of likely N-dealkylation sites (tertiary alicyclic amines) is 1. The van der Waals surface area contributed by atoms with Gasteiger partial charge in [-0.05, 0) is 38.3 Å². The van der Waals surface area contributed by atoms with E-state index in [1.165, 1.54) is 4.90 Å². The molecular formula is C23H24N2O3. The van der Waals surface area contributed by atoms with E-state index < -0.39 is 0 Å². The van der Waals surface area contributed by atoms with Crippen LogP contribution >= 0.6 is 0 Å². The van der Waals surface area contributed by atoms with Crippen LogP contribution in [0.25, 0.3) is 0 Å². The number of imide groups is 1. The summed E-state index contributed by atoms with van der Waals surface area (Å²) in [5.74, 6) is -1.18. The van der Waals surface area contributed by atoms with Gasteiger partial charge in [-0.1, -0.05) is 42.5 Å². The number of benzene rings is 1. The molecule has 2 atom stereocenters. The average Bonchev–Trinajstić information content (AvgIpc) is 3.12. The number of fused-ring (bicyclic) bond motifs is 1. The summed E-state index contributed by atoms with van der Waals surface area (Å²) < 4.78 is 2.10. The fraction of sp³-hybridized carbons (Fsp3) is 0.348. The van der Waals surface area contributed by atoms with E-state index in [0.29, 0.717) is 24.9 Å². The molecule has 1 aliphatic heterocycles. The number of Topliss-reactive ketones (excluding diaryl/α,β-unsaturated/α-hetero) is 1. The molecule has 0 saturated carbocycles. The first-order chi connectivity index (χ1) is 13.5. The van der Waals surface area contributed by atoms with Gasteiger partial charge in [-0.3, -0.25) is 19.3 Å². The number of hydrogen-bond donors (Lipinski definition) is 0. The highest BCUT2D eigenvalue weighted by atomic mass is 16.2. The number of hydrogen-bond acceptors (Lipinski definition) is 3. The lowest BCUT2D eigenvalue weighted by Gasteiger charge is -2.14. The maximum absolute atomic E-state index is 13.0. The van der Waals surface area contributed by atoms with Gasteiger partial charge < -0.3 is 4.57 Å². The van der Waals surface area contributed by atoms with Gasteiger partial charge in [-0.2, -0.15) is 0 Å². The number of carbonyl (C=O) groups is 3. The minimum atomic E-state index is -0.296. The molecule has 0 spiro atoms. The predicted molar refractivity (Wildman–Crippen MR) is 106 cm³/mol. The summed E-state index contributed by atoms with van der Waals surface area (Å²) in [5.41, 5.74) is 3.60. The fourth-order valence-corrected chi connectivity index (χ4v) is 4.35. The molecule has 4 rings (SSSR count). The molecule has 28 heavy (non-hydrogen) atoms. The Morgan fingerprint density at radius 2 is 1.61 bits per heavy atom. The van der Waals surface area contributed by atoms with Crippen molar-refractivity contribution in [2.24, 2.45) is 11.8 Å². The molecule has 1 fully saturated rings. The lowest BCUT2D eigenvalue weighted by Crippen LogP contribution is -2.36. The van der Waals surface area contributed by atoms with Crippen LogP contribution in [0.15, 0.2) is 48.6 Å². The zero-order valence-electron chi connectivity index (χ0n) is 16.2. The molecule has 144 valence electrons. The number of allylic oxidation sites excluding steroid dienone is 2. The second-order valence-corrected chi connectivity index (χ2v) is 7.70. The van der Waals surface area contributed by atoms with Crippen LogP contribution in [-0.2, 0) is 16.1 Å². The summed E-state index contributed by atoms with van der Waals surface area (Å²) >= 11 is 0. The van der Waals surface area contributed by atoms with Crippen molar-refractivity contribution in [2.45, 2.75) is 33.2 Å². The summed E-state index contributed by atoms with van der Waals surface area (Å²) in [7, 11) is 0. The number of aromatic nitrogens is 1. The van der Waals surface area contributed by atoms with Crippen LogP contribution in [0.2, 0.25) is 0 Å². The normalized spacial score (nSPS) is 21.3. The minimum Gasteiger partial charge on any atom is -0.344 e. The van der Waals surface area contributed by atoms with Crippen molar-refractivity contribution in [3.05, 3.63) is 71.1 Å². The molecule has 2 unspecified atom stereocenters. The third-order valence-electron chi connectivity index (χ3n) is 5.96. The Bertz CT molecular complexity index is 945. The smallest absolute Gasteiger partial charge is 0.233 e. The average molecular weight is 376 g/mol. The van der Waals surface area contributed by atoms with E-state index >= 15 is 0 Å². The lowest BCUT2D eigenvalue weighted by molar-refractivity contribution is -0.139. The summed E-state index contributed by atoms with van der Waals surface area (Å²) in [6.45, 7) is 4.41. The number of ketones is 1. The molecule has 5 heteroatoms. The Kier molecular flexibility index (Phi) is 4.75. The van der Waals surface area contributed by atoms with Crippen molar-refractivity contribution < 1.29 is 14.4 Å². The third-order valence-corrected chi connectivity index (χ3v) is 5.96. The molecule has 0 radical (unpaired) electrons. The van der Waals surface area contributed by atoms with E-state index in [4.69, 9.17) is 0 Å². The Balaban J connectivity index is 1.54. The Morgan fingerprint density at radius 1 is 1.00 bits per heavy atom. The molecular weight excluding hydrogens is 352 g/mol. The number of rotatable bonds is 5. The maximum Gasteiger partial charge on any atom is 0.233 e. The van der Waals surface area contributed by atoms with Gasteiger partial charge in [0.15, 0.2) is 5.78 Å². The number of nitrogens with zero attached hydrogens (tertiary/aromatic N) is 2. The number of aryl methyl sites for hydroxylation is 1. The van der Waals surface area contributed by atoms with Crippen molar-refractivity contribution in [1.82, 2.24) is 9.47 Å². The second-order valence-electron chi connectivity index (χ2n) is 7.70. The van der Waals surface area contributed by atoms with Gasteiger partial charge in [0.2, 0.25) is 11.8 Å². The largest absolute Gasteiger partial charge is 0.344 e. The highest BCUT2D eigenvalue weighted by molar-refractivity contribution is 6.10. The molecule has 0 N–H and O–H groups in total. The van der Waals surface area contributed by atoms with E-state index in [0.717, 1.165) is 17.0 Å². The Hall–Kier alpha value is -2.95. The Morgan fingerprint density at radius 3 is 2.21 bits per heavy atom. The number of carbonyl (C=O) groups excluding carboxylic acids is 3. The first-order valence-corrected chi connectivity index (χ1v) is 9.71. The van der Waals surface area contributed by atoms with Gasteiger partial charge in [0.1, 0.15) is 0 Å². The van der Waals surface area contributed by atoms with Crippen molar-refractivity contribution in [3.63, 3.8) is 0 Å². The Labute approximate surface area is 164 Å². The quantitative estimate of drug-likeness (QED) is 0.457. The molecule has 5 nitrogen and oxygen atoms in total. The van der Waals surface area contributed by atoms with E-state index in [1.54, 1.807) is 0 Å². The molecule has 0 bridgehead atoms. The van der Waals surface area contributed by atoms with Crippen LogP contribution in [0.4, 0.5) is 0 Å². The topological polar surface area (TPSA) is 59.4 Å². The first kappa shape index (κ1) is 18.4. The van der Waals surface area contributed by atoms with Crippen LogP contribution in [0.3, 0.4) is 0 Å². The molecule has 2 amide bonds. The van der Waals surface area contributed by atoms with Crippen LogP contribution in [0, 0.1) is 25.7 Å². The minimum absolute atomic E-state index is 0.166. The summed E-state index contributed by atoms with van der Waals surface area (Å²) in [4.78, 5) is 39.4. The van der Waals surface area contributed by atoms with Crippen LogP contribution in [0.5, 0.6) is 0 Å². The maximum atomic E-state index is 13.0. The lowest BCUT2D eigenvalue weighted by atomic mass is 9.85. The standard InChI is InChI=1S/C23H24N2O3/c1-15-12-20(16(2)24(15)13-17-8-4-3-5-9-17)21(26)14-25-22(27)18-10-6-7-11-19(18)23(25)28/h3-9,12,18-19H,10-11,13-14H2,1-2H3. The predicted octanol–water partition coefficient (Wildman–Crippen LogP) is 3.29. The second kappa shape index (κ2) is 7.23. The van der Waals surface area contributed by atoms with E-state index in [-0.39, 0.29) is 36.0 Å². The van der Waals surface area contributed by atoms with Gasteiger partial charge in [-0.25, -0.2) is 0 Å². The van der Waals surface area contributed by atoms with Crippen molar-refractivity contribution in [3.8, 4) is 0 Å². The third kappa shape index (κ3) is 3.11. The van der Waals surface area contributed by atoms with Gasteiger partial charge >= 0.3 is 0 Å². The van der Waals surface area contributed by atoms with E-state index in [9.17, 15) is 14.4 Å². The van der Waals surface area contributed by atoms with Crippen LogP contribution in [-0.4, -0.2) is 33.6 Å². The molecule has 2 aliphatic rings. The van der Waals surface area contributed by atoms with Crippen LogP contribution < -0.4 is 0 Å². The molecule has 1 aromatic heterocycles. The zero-order chi connectivity index (χ0) is 19.8. The molecule has 1 saturated heterocycles. The SMILES string of the molecule is Cc1cc(C(=O)CN2C(=O)C3CC=CCC3C2=O)c(C)n1Cc1ccccc1. The van der Waals surface area contributed by atoms with Crippen molar-refractivity contribution in [1.29, 1.82) is 0 Å². The fourth-order valence-electron chi connectivity index (χ4n) is 4.35. The van der Waals surface area contributed by atoms with E-state index in [2.05, 4.69) is 16.7 Å². The van der Waals surface area contributed by atoms with Gasteiger partial charge in [0.25, 0.3) is 0 Å². The van der Waals surface area contributed by atoms with Gasteiger partial charge in [0, 0.05) is 23.5 Å². The number of amides is 2. The van der Waals surface area contributed by atoms with Gasteiger partial charge in [-0.15, -0.1) is 0 Å². The van der Waals surface area contributed by atoms with Crippen molar-refractivity contribution in [2.75, 3.05) is 6.54 Å². The monoisotopic (exact) mass is 376 g/mol. The van der Waals surface area contributed by atoms with Crippen molar-refractivity contribution >= 4 is 17.6 Å². The highest BCUT2D eigenvalue weighted by Crippen LogP contribution is 2.35. The summed E-state index contributed by atoms with van der Waals surface area (Å²) in [6, 6.07) is 11.9. The molecule has 2 heterocycles.